The number of fused-ring (bicyclic) bond motifs is 1. The predicted octanol–water partition coefficient (Wildman–Crippen LogP) is 4.89. The summed E-state index contributed by atoms with van der Waals surface area (Å²) in [5.41, 5.74) is 5.60. The van der Waals surface area contributed by atoms with E-state index in [2.05, 4.69) is 11.4 Å². The highest BCUT2D eigenvalue weighted by atomic mass is 16.2. The van der Waals surface area contributed by atoms with Gasteiger partial charge in [0.05, 0.1) is 0 Å². The number of rotatable bonds is 4. The number of nitrogens with zero attached hydrogens (tertiary/aromatic N) is 1. The number of nitrogens with one attached hydrogen (secondary N) is 1. The van der Waals surface area contributed by atoms with Gasteiger partial charge in [-0.15, -0.1) is 0 Å². The fourth-order valence-corrected chi connectivity index (χ4v) is 4.52. The molecular formula is C27H28N2O2. The average Bonchev–Trinajstić information content (AvgIpc) is 2.72. The van der Waals surface area contributed by atoms with Gasteiger partial charge in [0.25, 0.3) is 5.91 Å². The minimum atomic E-state index is -1.03. The fourth-order valence-electron chi connectivity index (χ4n) is 4.52. The first-order valence-corrected chi connectivity index (χ1v) is 10.6. The van der Waals surface area contributed by atoms with E-state index in [1.165, 1.54) is 0 Å². The molecule has 3 aromatic carbocycles. The van der Waals surface area contributed by atoms with E-state index in [0.29, 0.717) is 18.5 Å². The molecule has 1 aliphatic rings. The van der Waals surface area contributed by atoms with Crippen LogP contribution in [0.5, 0.6) is 0 Å². The third kappa shape index (κ3) is 3.86. The molecule has 1 atom stereocenters. The van der Waals surface area contributed by atoms with Crippen molar-refractivity contribution in [2.45, 2.75) is 46.2 Å². The first kappa shape index (κ1) is 20.9. The van der Waals surface area contributed by atoms with Crippen LogP contribution in [0, 0.1) is 20.8 Å². The molecule has 1 aliphatic heterocycles. The van der Waals surface area contributed by atoms with Gasteiger partial charge in [0.1, 0.15) is 5.54 Å². The summed E-state index contributed by atoms with van der Waals surface area (Å²) in [6.45, 7) is 8.34. The van der Waals surface area contributed by atoms with Crippen molar-refractivity contribution in [3.63, 3.8) is 0 Å². The summed E-state index contributed by atoms with van der Waals surface area (Å²) >= 11 is 0. The standard InChI is InChI=1S/C27H28N2O2/c1-18-13-19(2)15-23(14-18)29-25(30)24-12-8-7-10-21(24)16-27(29,4)26(31)28-17-22-11-6-5-9-20(22)3/h5-15H,16-17H2,1-4H3,(H,28,31). The lowest BCUT2D eigenvalue weighted by Crippen LogP contribution is -2.63. The molecule has 0 radical (unpaired) electrons. The molecule has 0 fully saturated rings. The molecule has 0 aromatic heterocycles. The summed E-state index contributed by atoms with van der Waals surface area (Å²) in [5.74, 6) is -0.293. The van der Waals surface area contributed by atoms with E-state index >= 15 is 0 Å². The number of amides is 2. The van der Waals surface area contributed by atoms with Gasteiger partial charge in [-0.25, -0.2) is 0 Å². The SMILES string of the molecule is Cc1cc(C)cc(N2C(=O)c3ccccc3CC2(C)C(=O)NCc2ccccc2C)c1. The zero-order valence-electron chi connectivity index (χ0n) is 18.5. The smallest absolute Gasteiger partial charge is 0.259 e. The molecule has 4 rings (SSSR count). The molecule has 0 saturated carbocycles. The molecule has 1 N–H and O–H groups in total. The topological polar surface area (TPSA) is 49.4 Å². The van der Waals surface area contributed by atoms with E-state index in [9.17, 15) is 9.59 Å². The Morgan fingerprint density at radius 2 is 1.61 bits per heavy atom. The van der Waals surface area contributed by atoms with Crippen molar-refractivity contribution in [1.82, 2.24) is 5.32 Å². The lowest BCUT2D eigenvalue weighted by atomic mass is 9.82. The Morgan fingerprint density at radius 1 is 0.968 bits per heavy atom. The Kier molecular flexibility index (Phi) is 5.40. The predicted molar refractivity (Wildman–Crippen MR) is 124 cm³/mol. The first-order chi connectivity index (χ1) is 14.8. The lowest BCUT2D eigenvalue weighted by Gasteiger charge is -2.44. The van der Waals surface area contributed by atoms with Crippen LogP contribution in [-0.2, 0) is 17.8 Å². The molecule has 0 spiro atoms. The minimum absolute atomic E-state index is 0.139. The number of carbonyl (C=O) groups excluding carboxylic acids is 2. The molecule has 0 saturated heterocycles. The second-order valence-electron chi connectivity index (χ2n) is 8.70. The van der Waals surface area contributed by atoms with Crippen molar-refractivity contribution in [2.75, 3.05) is 4.90 Å². The second-order valence-corrected chi connectivity index (χ2v) is 8.70. The van der Waals surface area contributed by atoms with Crippen LogP contribution in [0.2, 0.25) is 0 Å². The molecule has 31 heavy (non-hydrogen) atoms. The summed E-state index contributed by atoms with van der Waals surface area (Å²) in [6, 6.07) is 21.6. The summed E-state index contributed by atoms with van der Waals surface area (Å²) < 4.78 is 0. The van der Waals surface area contributed by atoms with E-state index in [4.69, 9.17) is 0 Å². The van der Waals surface area contributed by atoms with Crippen LogP contribution in [0.4, 0.5) is 5.69 Å². The van der Waals surface area contributed by atoms with Gasteiger partial charge < -0.3 is 5.32 Å². The highest BCUT2D eigenvalue weighted by Crippen LogP contribution is 2.36. The minimum Gasteiger partial charge on any atom is -0.350 e. The Labute approximate surface area is 183 Å². The third-order valence-electron chi connectivity index (χ3n) is 6.13. The van der Waals surface area contributed by atoms with Crippen molar-refractivity contribution in [3.8, 4) is 0 Å². The zero-order chi connectivity index (χ0) is 22.2. The van der Waals surface area contributed by atoms with Gasteiger partial charge in [-0.2, -0.15) is 0 Å². The number of anilines is 1. The van der Waals surface area contributed by atoms with Crippen molar-refractivity contribution in [2.24, 2.45) is 0 Å². The van der Waals surface area contributed by atoms with Crippen LogP contribution < -0.4 is 10.2 Å². The Balaban J connectivity index is 1.75. The fraction of sp³-hybridized carbons (Fsp3) is 0.259. The molecule has 1 unspecified atom stereocenters. The van der Waals surface area contributed by atoms with Crippen molar-refractivity contribution >= 4 is 17.5 Å². The molecule has 0 bridgehead atoms. The highest BCUT2D eigenvalue weighted by molar-refractivity contribution is 6.14. The lowest BCUT2D eigenvalue weighted by molar-refractivity contribution is -0.126. The van der Waals surface area contributed by atoms with E-state index in [-0.39, 0.29) is 11.8 Å². The normalized spacial score (nSPS) is 17.9. The molecule has 3 aromatic rings. The first-order valence-electron chi connectivity index (χ1n) is 10.6. The molecule has 1 heterocycles. The maximum absolute atomic E-state index is 13.6. The second kappa shape index (κ2) is 8.03. The molecule has 2 amide bonds. The Hall–Kier alpha value is -3.40. The van der Waals surface area contributed by atoms with Crippen molar-refractivity contribution in [1.29, 1.82) is 0 Å². The Morgan fingerprint density at radius 3 is 2.32 bits per heavy atom. The monoisotopic (exact) mass is 412 g/mol. The average molecular weight is 413 g/mol. The molecule has 4 nitrogen and oxygen atoms in total. The zero-order valence-corrected chi connectivity index (χ0v) is 18.5. The van der Waals surface area contributed by atoms with Crippen LogP contribution in [0.25, 0.3) is 0 Å². The van der Waals surface area contributed by atoms with Crippen LogP contribution in [-0.4, -0.2) is 17.4 Å². The Bertz CT molecular complexity index is 1150. The summed E-state index contributed by atoms with van der Waals surface area (Å²) in [4.78, 5) is 28.9. The molecular weight excluding hydrogens is 384 g/mol. The van der Waals surface area contributed by atoms with Gasteiger partial charge in [-0.3, -0.25) is 14.5 Å². The van der Waals surface area contributed by atoms with E-state index in [0.717, 1.165) is 33.5 Å². The highest BCUT2D eigenvalue weighted by Gasteiger charge is 2.47. The number of carbonyl (C=O) groups is 2. The van der Waals surface area contributed by atoms with E-state index in [1.54, 1.807) is 4.90 Å². The van der Waals surface area contributed by atoms with Gasteiger partial charge in [-0.1, -0.05) is 48.5 Å². The molecule has 4 heteroatoms. The van der Waals surface area contributed by atoms with Gasteiger partial charge in [-0.05, 0) is 73.7 Å². The van der Waals surface area contributed by atoms with E-state index < -0.39 is 5.54 Å². The maximum Gasteiger partial charge on any atom is 0.259 e. The van der Waals surface area contributed by atoms with Gasteiger partial charge in [0, 0.05) is 24.2 Å². The van der Waals surface area contributed by atoms with Crippen molar-refractivity contribution < 1.29 is 9.59 Å². The largest absolute Gasteiger partial charge is 0.350 e. The molecule has 158 valence electrons. The summed E-state index contributed by atoms with van der Waals surface area (Å²) in [7, 11) is 0. The quantitative estimate of drug-likeness (QED) is 0.663. The van der Waals surface area contributed by atoms with E-state index in [1.807, 2.05) is 88.4 Å². The number of benzene rings is 3. The molecule has 0 aliphatic carbocycles. The van der Waals surface area contributed by atoms with Crippen LogP contribution >= 0.6 is 0 Å². The van der Waals surface area contributed by atoms with Gasteiger partial charge in [0.2, 0.25) is 5.91 Å². The van der Waals surface area contributed by atoms with Gasteiger partial charge in [0.15, 0.2) is 0 Å². The number of hydrogen-bond acceptors (Lipinski definition) is 2. The summed E-state index contributed by atoms with van der Waals surface area (Å²) in [5, 5.41) is 3.10. The van der Waals surface area contributed by atoms with Crippen molar-refractivity contribution in [3.05, 3.63) is 100 Å². The number of aryl methyl sites for hydroxylation is 3. The van der Waals surface area contributed by atoms with Crippen LogP contribution in [0.15, 0.2) is 66.7 Å². The number of hydrogen-bond donors (Lipinski definition) is 1. The maximum atomic E-state index is 13.6. The van der Waals surface area contributed by atoms with Gasteiger partial charge >= 0.3 is 0 Å². The summed E-state index contributed by atoms with van der Waals surface area (Å²) in [6.07, 6.45) is 0.460. The van der Waals surface area contributed by atoms with Crippen LogP contribution in [0.1, 0.15) is 45.1 Å². The van der Waals surface area contributed by atoms with Crippen LogP contribution in [0.3, 0.4) is 0 Å². The third-order valence-corrected chi connectivity index (χ3v) is 6.13.